The number of hydrogen-bond acceptors (Lipinski definition) is 3. The van der Waals surface area contributed by atoms with Crippen LogP contribution in [0.4, 0.5) is 0 Å². The van der Waals surface area contributed by atoms with E-state index in [1.165, 1.54) is 5.56 Å². The molecule has 0 aliphatic heterocycles. The normalized spacial score (nSPS) is 21.8. The van der Waals surface area contributed by atoms with Crippen LogP contribution in [0.3, 0.4) is 0 Å². The zero-order chi connectivity index (χ0) is 15.5. The van der Waals surface area contributed by atoms with Gasteiger partial charge in [0, 0.05) is 12.6 Å². The minimum absolute atomic E-state index is 0.207. The van der Waals surface area contributed by atoms with Crippen molar-refractivity contribution in [1.82, 2.24) is 5.32 Å². The highest BCUT2D eigenvalue weighted by Crippen LogP contribution is 2.40. The third kappa shape index (κ3) is 4.45. The molecule has 1 aromatic rings. The van der Waals surface area contributed by atoms with E-state index in [4.69, 9.17) is 4.74 Å². The van der Waals surface area contributed by atoms with Crippen LogP contribution in [-0.2, 0) is 0 Å². The van der Waals surface area contributed by atoms with Crippen LogP contribution in [0.1, 0.15) is 58.1 Å². The summed E-state index contributed by atoms with van der Waals surface area (Å²) in [6.07, 6.45) is 3.97. The van der Waals surface area contributed by atoms with Gasteiger partial charge < -0.3 is 15.2 Å². The van der Waals surface area contributed by atoms with Crippen molar-refractivity contribution in [3.63, 3.8) is 0 Å². The number of hydrogen-bond donors (Lipinski definition) is 2. The van der Waals surface area contributed by atoms with Crippen molar-refractivity contribution in [2.45, 2.75) is 58.1 Å². The van der Waals surface area contributed by atoms with Crippen molar-refractivity contribution in [3.8, 4) is 5.75 Å². The Morgan fingerprint density at radius 2 is 1.90 bits per heavy atom. The van der Waals surface area contributed by atoms with E-state index in [0.717, 1.165) is 31.4 Å². The minimum Gasteiger partial charge on any atom is -0.497 e. The molecule has 0 radical (unpaired) electrons. The van der Waals surface area contributed by atoms with Crippen molar-refractivity contribution in [1.29, 1.82) is 0 Å². The quantitative estimate of drug-likeness (QED) is 0.869. The maximum atomic E-state index is 10.7. The average molecular weight is 291 g/mol. The fraction of sp³-hybridized carbons (Fsp3) is 0.667. The first-order chi connectivity index (χ1) is 9.84. The van der Waals surface area contributed by atoms with Crippen LogP contribution in [0.5, 0.6) is 5.75 Å². The lowest BCUT2D eigenvalue weighted by Gasteiger charge is -2.40. The van der Waals surface area contributed by atoms with Gasteiger partial charge in [-0.05, 0) is 55.7 Å². The standard InChI is InChI=1S/C18H29NO2/c1-14(15-6-5-7-16(12-15)21-4)19-13-18(20)10-8-17(2,3)9-11-18/h5-7,12,14,19-20H,8-11,13H2,1-4H3. The summed E-state index contributed by atoms with van der Waals surface area (Å²) in [5.74, 6) is 0.874. The Morgan fingerprint density at radius 1 is 1.24 bits per heavy atom. The second-order valence-electron chi connectivity index (χ2n) is 7.27. The highest BCUT2D eigenvalue weighted by Gasteiger charge is 2.36. The fourth-order valence-corrected chi connectivity index (χ4v) is 2.94. The van der Waals surface area contributed by atoms with E-state index >= 15 is 0 Å². The Balaban J connectivity index is 1.90. The predicted molar refractivity (Wildman–Crippen MR) is 86.6 cm³/mol. The van der Waals surface area contributed by atoms with Crippen LogP contribution in [-0.4, -0.2) is 24.4 Å². The third-order valence-electron chi connectivity index (χ3n) is 4.87. The molecule has 3 heteroatoms. The zero-order valence-electron chi connectivity index (χ0n) is 13.8. The monoisotopic (exact) mass is 291 g/mol. The summed E-state index contributed by atoms with van der Waals surface area (Å²) in [6, 6.07) is 8.30. The molecule has 1 aliphatic carbocycles. The molecule has 2 N–H and O–H groups in total. The number of benzene rings is 1. The molecule has 1 aliphatic rings. The molecular weight excluding hydrogens is 262 g/mol. The van der Waals surface area contributed by atoms with Crippen molar-refractivity contribution >= 4 is 0 Å². The van der Waals surface area contributed by atoms with Gasteiger partial charge in [0.1, 0.15) is 5.75 Å². The van der Waals surface area contributed by atoms with E-state index in [-0.39, 0.29) is 6.04 Å². The lowest BCUT2D eigenvalue weighted by atomic mass is 9.71. The SMILES string of the molecule is COc1cccc(C(C)NCC2(O)CCC(C)(C)CC2)c1. The van der Waals surface area contributed by atoms with Gasteiger partial charge in [0.25, 0.3) is 0 Å². The van der Waals surface area contributed by atoms with Crippen molar-refractivity contribution < 1.29 is 9.84 Å². The van der Waals surface area contributed by atoms with Gasteiger partial charge in [-0.25, -0.2) is 0 Å². The lowest BCUT2D eigenvalue weighted by molar-refractivity contribution is -0.0258. The number of methoxy groups -OCH3 is 1. The molecule has 1 unspecified atom stereocenters. The van der Waals surface area contributed by atoms with E-state index in [0.29, 0.717) is 12.0 Å². The summed E-state index contributed by atoms with van der Waals surface area (Å²) >= 11 is 0. The second-order valence-corrected chi connectivity index (χ2v) is 7.27. The van der Waals surface area contributed by atoms with Crippen LogP contribution < -0.4 is 10.1 Å². The Hall–Kier alpha value is -1.06. The van der Waals surface area contributed by atoms with Crippen molar-refractivity contribution in [3.05, 3.63) is 29.8 Å². The maximum Gasteiger partial charge on any atom is 0.119 e. The van der Waals surface area contributed by atoms with Gasteiger partial charge in [-0.3, -0.25) is 0 Å². The minimum atomic E-state index is -0.553. The average Bonchev–Trinajstić information content (AvgIpc) is 2.48. The summed E-state index contributed by atoms with van der Waals surface area (Å²) in [7, 11) is 1.68. The maximum absolute atomic E-state index is 10.7. The predicted octanol–water partition coefficient (Wildman–Crippen LogP) is 3.68. The molecule has 118 valence electrons. The van der Waals surface area contributed by atoms with Gasteiger partial charge in [-0.1, -0.05) is 26.0 Å². The highest BCUT2D eigenvalue weighted by atomic mass is 16.5. The molecule has 1 atom stereocenters. The molecule has 0 aromatic heterocycles. The Kier molecular flexibility index (Phi) is 4.95. The first-order valence-electron chi connectivity index (χ1n) is 7.93. The van der Waals surface area contributed by atoms with Gasteiger partial charge in [-0.2, -0.15) is 0 Å². The number of ether oxygens (including phenoxy) is 1. The van der Waals surface area contributed by atoms with Crippen molar-refractivity contribution in [2.75, 3.05) is 13.7 Å². The Bertz CT molecular complexity index is 460. The molecule has 0 bridgehead atoms. The van der Waals surface area contributed by atoms with E-state index in [2.05, 4.69) is 32.2 Å². The fourth-order valence-electron chi connectivity index (χ4n) is 2.94. The van der Waals surface area contributed by atoms with Crippen LogP contribution in [0.15, 0.2) is 24.3 Å². The molecule has 21 heavy (non-hydrogen) atoms. The van der Waals surface area contributed by atoms with Crippen LogP contribution in [0.25, 0.3) is 0 Å². The number of nitrogens with one attached hydrogen (secondary N) is 1. The third-order valence-corrected chi connectivity index (χ3v) is 4.87. The van der Waals surface area contributed by atoms with Crippen LogP contribution >= 0.6 is 0 Å². The molecular formula is C18H29NO2. The molecule has 0 heterocycles. The van der Waals surface area contributed by atoms with Gasteiger partial charge >= 0.3 is 0 Å². The Morgan fingerprint density at radius 3 is 2.52 bits per heavy atom. The largest absolute Gasteiger partial charge is 0.497 e. The first kappa shape index (κ1) is 16.3. The van der Waals surface area contributed by atoms with Gasteiger partial charge in [0.05, 0.1) is 12.7 Å². The molecule has 0 spiro atoms. The highest BCUT2D eigenvalue weighted by molar-refractivity contribution is 5.30. The van der Waals surface area contributed by atoms with Gasteiger partial charge in [-0.15, -0.1) is 0 Å². The van der Waals surface area contributed by atoms with E-state index in [9.17, 15) is 5.11 Å². The summed E-state index contributed by atoms with van der Waals surface area (Å²) in [6.45, 7) is 7.37. The molecule has 0 saturated heterocycles. The second kappa shape index (κ2) is 6.37. The summed E-state index contributed by atoms with van der Waals surface area (Å²) < 4.78 is 5.27. The topological polar surface area (TPSA) is 41.5 Å². The molecule has 2 rings (SSSR count). The molecule has 0 amide bonds. The summed E-state index contributed by atoms with van der Waals surface area (Å²) in [4.78, 5) is 0. The van der Waals surface area contributed by atoms with E-state index < -0.39 is 5.60 Å². The zero-order valence-corrected chi connectivity index (χ0v) is 13.8. The lowest BCUT2D eigenvalue weighted by Crippen LogP contribution is -2.45. The molecule has 1 saturated carbocycles. The number of rotatable bonds is 5. The Labute approximate surface area is 128 Å². The molecule has 3 nitrogen and oxygen atoms in total. The summed E-state index contributed by atoms with van der Waals surface area (Å²) in [5.41, 5.74) is 1.02. The van der Waals surface area contributed by atoms with Gasteiger partial charge in [0.15, 0.2) is 0 Å². The first-order valence-corrected chi connectivity index (χ1v) is 7.93. The van der Waals surface area contributed by atoms with Crippen molar-refractivity contribution in [2.24, 2.45) is 5.41 Å². The van der Waals surface area contributed by atoms with E-state index in [1.807, 2.05) is 18.2 Å². The van der Waals surface area contributed by atoms with E-state index in [1.54, 1.807) is 7.11 Å². The van der Waals surface area contributed by atoms with Crippen LogP contribution in [0, 0.1) is 5.41 Å². The number of aliphatic hydroxyl groups is 1. The smallest absolute Gasteiger partial charge is 0.119 e. The van der Waals surface area contributed by atoms with Crippen LogP contribution in [0.2, 0.25) is 0 Å². The van der Waals surface area contributed by atoms with Gasteiger partial charge in [0.2, 0.25) is 0 Å². The molecule has 1 aromatic carbocycles. The molecule has 1 fully saturated rings. The summed E-state index contributed by atoms with van der Waals surface area (Å²) in [5, 5.41) is 14.2.